The molecule has 0 atom stereocenters. The lowest BCUT2D eigenvalue weighted by atomic mass is 10.1. The van der Waals surface area contributed by atoms with E-state index in [0.29, 0.717) is 0 Å². The average Bonchev–Trinajstić information content (AvgIpc) is 3.08. The van der Waals surface area contributed by atoms with E-state index >= 15 is 0 Å². The number of amides is 1. The zero-order chi connectivity index (χ0) is 18.9. The second-order valence-electron chi connectivity index (χ2n) is 5.60. The summed E-state index contributed by atoms with van der Waals surface area (Å²) in [4.78, 5) is 14.1. The third-order valence-electron chi connectivity index (χ3n) is 4.07. The first-order chi connectivity index (χ1) is 12.3. The molecule has 1 aliphatic rings. The van der Waals surface area contributed by atoms with Gasteiger partial charge in [-0.25, -0.2) is 12.8 Å². The van der Waals surface area contributed by atoms with Crippen LogP contribution >= 0.6 is 27.3 Å². The van der Waals surface area contributed by atoms with Crippen LogP contribution < -0.4 is 4.74 Å². The molecule has 0 unspecified atom stereocenters. The van der Waals surface area contributed by atoms with Crippen LogP contribution in [0.25, 0.3) is 0 Å². The topological polar surface area (TPSA) is 66.9 Å². The summed E-state index contributed by atoms with van der Waals surface area (Å²) < 4.78 is 46.2. The number of sulfonamides is 1. The molecular weight excluding hydrogens is 447 g/mol. The lowest BCUT2D eigenvalue weighted by molar-refractivity contribution is 0.0697. The molecule has 0 radical (unpaired) electrons. The maximum Gasteiger partial charge on any atom is 0.254 e. The van der Waals surface area contributed by atoms with Crippen molar-refractivity contribution >= 4 is 43.2 Å². The zero-order valence-corrected chi connectivity index (χ0v) is 17.0. The van der Waals surface area contributed by atoms with Crippen LogP contribution in [0.2, 0.25) is 0 Å². The first-order valence-electron chi connectivity index (χ1n) is 7.71. The van der Waals surface area contributed by atoms with Crippen molar-refractivity contribution in [3.05, 3.63) is 45.5 Å². The largest absolute Gasteiger partial charge is 0.494 e. The number of carbonyl (C=O) groups excluding carboxylic acids is 1. The molecule has 10 heteroatoms. The molecule has 3 rings (SSSR count). The highest BCUT2D eigenvalue weighted by Gasteiger charge is 2.31. The molecule has 6 nitrogen and oxygen atoms in total. The minimum atomic E-state index is -3.56. The Hall–Kier alpha value is -1.49. The summed E-state index contributed by atoms with van der Waals surface area (Å²) in [6.07, 6.45) is 0. The molecular formula is C16H16BrFN2O4S2. The summed E-state index contributed by atoms with van der Waals surface area (Å²) in [5, 5.41) is 0. The number of piperazine rings is 1. The Bertz CT molecular complexity index is 924. The normalized spacial score (nSPS) is 15.9. The number of benzene rings is 1. The Morgan fingerprint density at radius 3 is 2.42 bits per heavy atom. The molecule has 1 aliphatic heterocycles. The van der Waals surface area contributed by atoms with Crippen LogP contribution in [0.5, 0.6) is 5.75 Å². The molecule has 0 spiro atoms. The smallest absolute Gasteiger partial charge is 0.254 e. The first kappa shape index (κ1) is 19.3. The molecule has 2 aromatic rings. The maximum atomic E-state index is 13.8. The number of halogens is 2. The fraction of sp³-hybridized carbons (Fsp3) is 0.312. The number of hydrogen-bond donors (Lipinski definition) is 0. The standard InChI is InChI=1S/C16H16BrFN2O4S2/c1-24-13-3-2-11(10-12(13)18)16(21)19-6-8-20(9-7-19)26(22,23)15-5-4-14(17)25-15/h2-5,10H,6-9H2,1H3. The second-order valence-corrected chi connectivity index (χ2v) is 10.2. The van der Waals surface area contributed by atoms with Gasteiger partial charge < -0.3 is 9.64 Å². The number of methoxy groups -OCH3 is 1. The number of hydrogen-bond acceptors (Lipinski definition) is 5. The second kappa shape index (κ2) is 7.63. The van der Waals surface area contributed by atoms with E-state index < -0.39 is 15.8 Å². The van der Waals surface area contributed by atoms with Gasteiger partial charge in [0.1, 0.15) is 4.21 Å². The molecule has 1 amide bonds. The molecule has 0 N–H and O–H groups in total. The number of nitrogens with zero attached hydrogens (tertiary/aromatic N) is 2. The van der Waals surface area contributed by atoms with Crippen molar-refractivity contribution in [2.75, 3.05) is 33.3 Å². The van der Waals surface area contributed by atoms with E-state index in [2.05, 4.69) is 15.9 Å². The SMILES string of the molecule is COc1ccc(C(=O)N2CCN(S(=O)(=O)c3ccc(Br)s3)CC2)cc1F. The fourth-order valence-corrected chi connectivity index (χ4v) is 6.26. The predicted octanol–water partition coefficient (Wildman–Crippen LogP) is 2.81. The van der Waals surface area contributed by atoms with Crippen molar-refractivity contribution in [3.63, 3.8) is 0 Å². The first-order valence-corrected chi connectivity index (χ1v) is 10.8. The van der Waals surface area contributed by atoms with E-state index in [-0.39, 0.29) is 47.6 Å². The highest BCUT2D eigenvalue weighted by Crippen LogP contribution is 2.29. The summed E-state index contributed by atoms with van der Waals surface area (Å²) in [6, 6.07) is 7.28. The van der Waals surface area contributed by atoms with Crippen molar-refractivity contribution in [2.24, 2.45) is 0 Å². The van der Waals surface area contributed by atoms with Crippen molar-refractivity contribution in [1.82, 2.24) is 9.21 Å². The van der Waals surface area contributed by atoms with Gasteiger partial charge in [0, 0.05) is 31.7 Å². The van der Waals surface area contributed by atoms with Crippen LogP contribution in [0.1, 0.15) is 10.4 Å². The molecule has 1 saturated heterocycles. The van der Waals surface area contributed by atoms with Gasteiger partial charge in [0.05, 0.1) is 10.9 Å². The van der Waals surface area contributed by atoms with E-state index in [1.54, 1.807) is 12.1 Å². The van der Waals surface area contributed by atoms with Crippen LogP contribution in [0.3, 0.4) is 0 Å². The van der Waals surface area contributed by atoms with Crippen LogP contribution in [0.4, 0.5) is 4.39 Å². The monoisotopic (exact) mass is 462 g/mol. The van der Waals surface area contributed by atoms with Crippen LogP contribution in [0.15, 0.2) is 38.3 Å². The average molecular weight is 463 g/mol. The third-order valence-corrected chi connectivity index (χ3v) is 8.06. The molecule has 0 saturated carbocycles. The van der Waals surface area contributed by atoms with Gasteiger partial charge in [-0.05, 0) is 46.3 Å². The van der Waals surface area contributed by atoms with Crippen molar-refractivity contribution in [1.29, 1.82) is 0 Å². The van der Waals surface area contributed by atoms with Gasteiger partial charge >= 0.3 is 0 Å². The minimum Gasteiger partial charge on any atom is -0.494 e. The Labute approximate surface area is 163 Å². The molecule has 2 heterocycles. The minimum absolute atomic E-state index is 0.0690. The summed E-state index contributed by atoms with van der Waals surface area (Å²) in [5.41, 5.74) is 0.210. The zero-order valence-electron chi connectivity index (χ0n) is 13.8. The van der Waals surface area contributed by atoms with Gasteiger partial charge in [-0.3, -0.25) is 4.79 Å². The number of ether oxygens (including phenoxy) is 1. The summed E-state index contributed by atoms with van der Waals surface area (Å²) in [7, 11) is -2.21. The third kappa shape index (κ3) is 3.78. The van der Waals surface area contributed by atoms with Gasteiger partial charge in [-0.1, -0.05) is 0 Å². The lowest BCUT2D eigenvalue weighted by Gasteiger charge is -2.33. The van der Waals surface area contributed by atoms with Gasteiger partial charge in [-0.15, -0.1) is 11.3 Å². The molecule has 0 bridgehead atoms. The van der Waals surface area contributed by atoms with E-state index in [0.717, 1.165) is 21.2 Å². The van der Waals surface area contributed by atoms with Crippen molar-refractivity contribution < 1.29 is 22.3 Å². The van der Waals surface area contributed by atoms with Crippen molar-refractivity contribution in [3.8, 4) is 5.75 Å². The number of carbonyl (C=O) groups is 1. The molecule has 1 fully saturated rings. The fourth-order valence-electron chi connectivity index (χ4n) is 2.68. The van der Waals surface area contributed by atoms with Crippen LogP contribution in [-0.4, -0.2) is 56.8 Å². The number of rotatable bonds is 4. The summed E-state index contributed by atoms with van der Waals surface area (Å²) >= 11 is 4.41. The Balaban J connectivity index is 1.68. The molecule has 0 aliphatic carbocycles. The quantitative estimate of drug-likeness (QED) is 0.700. The van der Waals surface area contributed by atoms with E-state index in [1.165, 1.54) is 28.4 Å². The highest BCUT2D eigenvalue weighted by atomic mass is 79.9. The van der Waals surface area contributed by atoms with Crippen LogP contribution in [-0.2, 0) is 10.0 Å². The summed E-state index contributed by atoms with van der Waals surface area (Å²) in [6.45, 7) is 0.890. The lowest BCUT2D eigenvalue weighted by Crippen LogP contribution is -2.50. The van der Waals surface area contributed by atoms with Gasteiger partial charge in [0.15, 0.2) is 11.6 Å². The highest BCUT2D eigenvalue weighted by molar-refractivity contribution is 9.11. The summed E-state index contributed by atoms with van der Waals surface area (Å²) in [5.74, 6) is -0.870. The Morgan fingerprint density at radius 1 is 1.19 bits per heavy atom. The molecule has 140 valence electrons. The Kier molecular flexibility index (Phi) is 5.66. The molecule has 1 aromatic heterocycles. The van der Waals surface area contributed by atoms with E-state index in [1.807, 2.05) is 0 Å². The maximum absolute atomic E-state index is 13.8. The van der Waals surface area contributed by atoms with Gasteiger partial charge in [0.2, 0.25) is 0 Å². The predicted molar refractivity (Wildman–Crippen MR) is 99.6 cm³/mol. The van der Waals surface area contributed by atoms with Crippen molar-refractivity contribution in [2.45, 2.75) is 4.21 Å². The van der Waals surface area contributed by atoms with Gasteiger partial charge in [0.25, 0.3) is 15.9 Å². The Morgan fingerprint density at radius 2 is 1.88 bits per heavy atom. The van der Waals surface area contributed by atoms with Gasteiger partial charge in [-0.2, -0.15) is 4.31 Å². The number of thiophene rings is 1. The molecule has 1 aromatic carbocycles. The van der Waals surface area contributed by atoms with Crippen LogP contribution in [0, 0.1) is 5.82 Å². The molecule has 26 heavy (non-hydrogen) atoms. The van der Waals surface area contributed by atoms with E-state index in [9.17, 15) is 17.6 Å². The van der Waals surface area contributed by atoms with E-state index in [4.69, 9.17) is 4.74 Å².